The topological polar surface area (TPSA) is 21.3 Å². The fraction of sp³-hybridized carbons (Fsp3) is 0.538. The van der Waals surface area contributed by atoms with Crippen LogP contribution in [0.2, 0.25) is 0 Å². The molecule has 2 nitrogen and oxygen atoms in total. The van der Waals surface area contributed by atoms with Gasteiger partial charge in [-0.3, -0.25) is 0 Å². The molecule has 0 atom stereocenters. The molecule has 1 fully saturated rings. The summed E-state index contributed by atoms with van der Waals surface area (Å²) in [4.78, 5) is 0. The van der Waals surface area contributed by atoms with E-state index in [1.54, 1.807) is 0 Å². The quantitative estimate of drug-likeness (QED) is 0.616. The van der Waals surface area contributed by atoms with Crippen molar-refractivity contribution in [3.05, 3.63) is 33.8 Å². The maximum absolute atomic E-state index is 13.5. The third-order valence-corrected chi connectivity index (χ3v) is 3.47. The highest BCUT2D eigenvalue weighted by molar-refractivity contribution is 9.10. The van der Waals surface area contributed by atoms with Crippen LogP contribution in [0.25, 0.3) is 0 Å². The van der Waals surface area contributed by atoms with E-state index >= 15 is 0 Å². The minimum Gasteiger partial charge on any atom is -0.380 e. The van der Waals surface area contributed by atoms with Crippen molar-refractivity contribution >= 4 is 15.9 Å². The van der Waals surface area contributed by atoms with Gasteiger partial charge in [0.25, 0.3) is 0 Å². The Morgan fingerprint density at radius 2 is 2.00 bits per heavy atom. The lowest BCUT2D eigenvalue weighted by Gasteiger charge is -2.07. The number of benzene rings is 1. The molecular weight excluding hydrogens is 304 g/mol. The van der Waals surface area contributed by atoms with Crippen LogP contribution in [0.1, 0.15) is 18.4 Å². The highest BCUT2D eigenvalue weighted by atomic mass is 79.9. The summed E-state index contributed by atoms with van der Waals surface area (Å²) in [6, 6.07) is 3.04. The van der Waals surface area contributed by atoms with Gasteiger partial charge in [-0.15, -0.1) is 0 Å². The normalized spacial score (nSPS) is 15.1. The van der Waals surface area contributed by atoms with Crippen LogP contribution in [-0.2, 0) is 11.2 Å². The van der Waals surface area contributed by atoms with Crippen LogP contribution >= 0.6 is 15.9 Å². The predicted octanol–water partition coefficient (Wildman–Crippen LogP) is 3.04. The molecule has 0 aromatic heterocycles. The Balaban J connectivity index is 1.67. The van der Waals surface area contributed by atoms with Gasteiger partial charge >= 0.3 is 0 Å². The largest absolute Gasteiger partial charge is 0.380 e. The van der Waals surface area contributed by atoms with E-state index in [1.165, 1.54) is 18.9 Å². The smallest absolute Gasteiger partial charge is 0.137 e. The molecule has 1 N–H and O–H groups in total. The Bertz CT molecular complexity index is 410. The summed E-state index contributed by atoms with van der Waals surface area (Å²) in [7, 11) is 0. The number of ether oxygens (including phenoxy) is 1. The second-order valence-corrected chi connectivity index (χ2v) is 5.30. The summed E-state index contributed by atoms with van der Waals surface area (Å²) in [5.74, 6) is -0.843. The lowest BCUT2D eigenvalue weighted by molar-refractivity contribution is 0.138. The number of halogens is 3. The van der Waals surface area contributed by atoms with Gasteiger partial charge in [0.15, 0.2) is 0 Å². The first-order valence-corrected chi connectivity index (χ1v) is 6.90. The van der Waals surface area contributed by atoms with Gasteiger partial charge in [-0.05, 0) is 52.9 Å². The highest BCUT2D eigenvalue weighted by Gasteiger charge is 2.19. The lowest BCUT2D eigenvalue weighted by atomic mass is 10.1. The molecule has 1 aliphatic rings. The Morgan fingerprint density at radius 1 is 1.22 bits per heavy atom. The van der Waals surface area contributed by atoms with Gasteiger partial charge in [0.1, 0.15) is 11.6 Å². The first kappa shape index (κ1) is 13.9. The van der Waals surface area contributed by atoms with E-state index in [9.17, 15) is 8.78 Å². The number of rotatable bonds is 7. The maximum atomic E-state index is 13.5. The van der Waals surface area contributed by atoms with Gasteiger partial charge in [-0.2, -0.15) is 0 Å². The fourth-order valence-corrected chi connectivity index (χ4v) is 1.98. The molecule has 0 amide bonds. The van der Waals surface area contributed by atoms with Gasteiger partial charge in [0.2, 0.25) is 0 Å². The second kappa shape index (κ2) is 6.59. The molecule has 100 valence electrons. The number of nitrogens with one attached hydrogen (secondary N) is 1. The molecule has 2 rings (SSSR count). The van der Waals surface area contributed by atoms with Crippen molar-refractivity contribution in [1.82, 2.24) is 5.32 Å². The van der Waals surface area contributed by atoms with Crippen LogP contribution in [0.5, 0.6) is 0 Å². The van der Waals surface area contributed by atoms with Crippen molar-refractivity contribution in [2.75, 3.05) is 19.8 Å². The highest BCUT2D eigenvalue weighted by Crippen LogP contribution is 2.20. The predicted molar refractivity (Wildman–Crippen MR) is 69.6 cm³/mol. The molecule has 0 saturated heterocycles. The number of hydrogen-bond acceptors (Lipinski definition) is 2. The lowest BCUT2D eigenvalue weighted by Crippen LogP contribution is -2.22. The average molecular weight is 320 g/mol. The van der Waals surface area contributed by atoms with Gasteiger partial charge in [-0.25, -0.2) is 8.78 Å². The Hall–Kier alpha value is -0.520. The molecule has 0 bridgehead atoms. The average Bonchev–Trinajstić information content (AvgIpc) is 3.13. The van der Waals surface area contributed by atoms with E-state index in [4.69, 9.17) is 4.74 Å². The SMILES string of the molecule is Fc1cc(CCOCCNC2CC2)c(F)cc1Br. The van der Waals surface area contributed by atoms with Crippen LogP contribution in [0.4, 0.5) is 8.78 Å². The second-order valence-electron chi connectivity index (χ2n) is 4.45. The molecule has 0 unspecified atom stereocenters. The van der Waals surface area contributed by atoms with Crippen molar-refractivity contribution in [3.63, 3.8) is 0 Å². The zero-order valence-electron chi connectivity index (χ0n) is 10.0. The molecule has 1 aromatic carbocycles. The van der Waals surface area contributed by atoms with E-state index in [0.717, 1.165) is 12.6 Å². The van der Waals surface area contributed by atoms with Gasteiger partial charge < -0.3 is 10.1 Å². The molecule has 18 heavy (non-hydrogen) atoms. The molecule has 0 radical (unpaired) electrons. The number of hydrogen-bond donors (Lipinski definition) is 1. The summed E-state index contributed by atoms with van der Waals surface area (Å²) in [5.41, 5.74) is 0.353. The standard InChI is InChI=1S/C13H16BrF2NO/c14-11-8-12(15)9(7-13(11)16)3-5-18-6-4-17-10-1-2-10/h7-8,10,17H,1-6H2. The van der Waals surface area contributed by atoms with Crippen molar-refractivity contribution in [3.8, 4) is 0 Å². The molecule has 0 heterocycles. The van der Waals surface area contributed by atoms with Gasteiger partial charge in [0, 0.05) is 12.6 Å². The summed E-state index contributed by atoms with van der Waals surface area (Å²) in [6.07, 6.45) is 2.90. The zero-order chi connectivity index (χ0) is 13.0. The van der Waals surface area contributed by atoms with Crippen LogP contribution in [0.15, 0.2) is 16.6 Å². The summed E-state index contributed by atoms with van der Waals surface area (Å²) in [5, 5.41) is 3.32. The first-order chi connectivity index (χ1) is 8.66. The minimum atomic E-state index is -0.443. The summed E-state index contributed by atoms with van der Waals surface area (Å²) >= 11 is 2.95. The molecular formula is C13H16BrF2NO. The zero-order valence-corrected chi connectivity index (χ0v) is 11.6. The van der Waals surface area contributed by atoms with Gasteiger partial charge in [-0.1, -0.05) is 0 Å². The molecule has 5 heteroatoms. The molecule has 1 aliphatic carbocycles. The van der Waals surface area contributed by atoms with Crippen LogP contribution in [0, 0.1) is 11.6 Å². The molecule has 1 saturated carbocycles. The van der Waals surface area contributed by atoms with E-state index in [-0.39, 0.29) is 4.47 Å². The van der Waals surface area contributed by atoms with Crippen molar-refractivity contribution < 1.29 is 13.5 Å². The van der Waals surface area contributed by atoms with E-state index in [2.05, 4.69) is 21.2 Å². The van der Waals surface area contributed by atoms with Crippen molar-refractivity contribution in [2.24, 2.45) is 0 Å². The van der Waals surface area contributed by atoms with Gasteiger partial charge in [0.05, 0.1) is 17.7 Å². The van der Waals surface area contributed by atoms with E-state index in [0.29, 0.717) is 31.2 Å². The third-order valence-electron chi connectivity index (χ3n) is 2.86. The maximum Gasteiger partial charge on any atom is 0.137 e. The molecule has 0 aliphatic heterocycles. The minimum absolute atomic E-state index is 0.151. The molecule has 1 aromatic rings. The van der Waals surface area contributed by atoms with Crippen molar-refractivity contribution in [2.45, 2.75) is 25.3 Å². The van der Waals surface area contributed by atoms with Crippen LogP contribution in [-0.4, -0.2) is 25.8 Å². The fourth-order valence-electron chi connectivity index (χ4n) is 1.66. The van der Waals surface area contributed by atoms with E-state index < -0.39 is 11.6 Å². The first-order valence-electron chi connectivity index (χ1n) is 6.11. The summed E-state index contributed by atoms with van der Waals surface area (Å²) in [6.45, 7) is 1.84. The van der Waals surface area contributed by atoms with E-state index in [1.807, 2.05) is 0 Å². The van der Waals surface area contributed by atoms with Crippen LogP contribution in [0.3, 0.4) is 0 Å². The summed E-state index contributed by atoms with van der Waals surface area (Å²) < 4.78 is 32.2. The third kappa shape index (κ3) is 4.30. The van der Waals surface area contributed by atoms with Crippen molar-refractivity contribution in [1.29, 1.82) is 0 Å². The molecule has 0 spiro atoms. The Labute approximate surface area is 114 Å². The van der Waals surface area contributed by atoms with Crippen LogP contribution < -0.4 is 5.32 Å². The Kier molecular flexibility index (Phi) is 5.09. The monoisotopic (exact) mass is 319 g/mol. The Morgan fingerprint density at radius 3 is 2.72 bits per heavy atom.